The van der Waals surface area contributed by atoms with E-state index in [4.69, 9.17) is 0 Å². The quantitative estimate of drug-likeness (QED) is 0.839. The largest absolute Gasteiger partial charge is 0.459 e. The number of nitrogens with zero attached hydrogens (tertiary/aromatic N) is 1. The normalized spacial score (nSPS) is 22.1. The van der Waals surface area contributed by atoms with Gasteiger partial charge in [-0.25, -0.2) is 4.90 Å². The number of alkyl halides is 3. The highest BCUT2D eigenvalue weighted by Crippen LogP contribution is 2.25. The average molecular weight is 258 g/mol. The molecule has 0 spiro atoms. The van der Waals surface area contributed by atoms with E-state index >= 15 is 0 Å². The molecule has 1 heterocycles. The maximum absolute atomic E-state index is 12.6. The van der Waals surface area contributed by atoms with E-state index in [1.165, 1.54) is 0 Å². The second kappa shape index (κ2) is 5.71. The van der Waals surface area contributed by atoms with Crippen LogP contribution >= 0.6 is 0 Å². The summed E-state index contributed by atoms with van der Waals surface area (Å²) in [6.45, 7) is 0.792. The van der Waals surface area contributed by atoms with Gasteiger partial charge in [-0.3, -0.25) is 0 Å². The molecule has 0 amide bonds. The first-order valence-electron chi connectivity index (χ1n) is 6.15. The third-order valence-electron chi connectivity index (χ3n) is 3.22. The van der Waals surface area contributed by atoms with Crippen molar-refractivity contribution < 1.29 is 13.2 Å². The van der Waals surface area contributed by atoms with Crippen LogP contribution in [-0.4, -0.2) is 30.3 Å². The Balaban J connectivity index is 1.83. The monoisotopic (exact) mass is 258 g/mol. The van der Waals surface area contributed by atoms with Crippen LogP contribution in [0.1, 0.15) is 18.4 Å². The molecule has 0 aliphatic carbocycles. The molecule has 1 fully saturated rings. The number of rotatable bonds is 3. The van der Waals surface area contributed by atoms with E-state index < -0.39 is 6.30 Å². The molecule has 0 saturated carbocycles. The Morgan fingerprint density at radius 2 is 1.94 bits per heavy atom. The summed E-state index contributed by atoms with van der Waals surface area (Å²) in [6.07, 6.45) is -2.81. The molecule has 1 N–H and O–H groups in total. The van der Waals surface area contributed by atoms with Crippen molar-refractivity contribution in [2.45, 2.75) is 31.7 Å². The lowest BCUT2D eigenvalue weighted by Gasteiger charge is -2.34. The van der Waals surface area contributed by atoms with Gasteiger partial charge in [0.2, 0.25) is 0 Å². The van der Waals surface area contributed by atoms with Gasteiger partial charge < -0.3 is 5.32 Å². The molecule has 0 bridgehead atoms. The van der Waals surface area contributed by atoms with Crippen LogP contribution < -0.4 is 5.32 Å². The van der Waals surface area contributed by atoms with Gasteiger partial charge in [0.25, 0.3) is 0 Å². The molecule has 0 unspecified atom stereocenters. The molecule has 2 rings (SSSR count). The number of nitrogens with one attached hydrogen (secondary N) is 1. The Morgan fingerprint density at radius 3 is 2.61 bits per heavy atom. The van der Waals surface area contributed by atoms with Gasteiger partial charge in [0.05, 0.1) is 0 Å². The fraction of sp³-hybridized carbons (Fsp3) is 0.538. The molecule has 1 aliphatic heterocycles. The summed E-state index contributed by atoms with van der Waals surface area (Å²) in [4.78, 5) is 0.596. The number of hydrogen-bond acceptors (Lipinski definition) is 2. The lowest BCUT2D eigenvalue weighted by molar-refractivity contribution is -0.251. The highest BCUT2D eigenvalue weighted by Gasteiger charge is 2.39. The summed E-state index contributed by atoms with van der Waals surface area (Å²) in [5.74, 6) is 0. The molecule has 0 radical (unpaired) electrons. The van der Waals surface area contributed by atoms with Crippen molar-refractivity contribution in [3.63, 3.8) is 0 Å². The van der Waals surface area contributed by atoms with E-state index in [0.717, 1.165) is 12.0 Å². The minimum Gasteiger partial charge on any atom is -0.309 e. The number of hydrogen-bond donors (Lipinski definition) is 1. The van der Waals surface area contributed by atoms with Crippen LogP contribution in [0.5, 0.6) is 0 Å². The molecule has 18 heavy (non-hydrogen) atoms. The summed E-state index contributed by atoms with van der Waals surface area (Å²) < 4.78 is 37.7. The summed E-state index contributed by atoms with van der Waals surface area (Å²) in [6, 6.07) is 9.64. The lowest BCUT2D eigenvalue weighted by atomic mass is 10.1. The van der Waals surface area contributed by atoms with Gasteiger partial charge in [0, 0.05) is 25.7 Å². The van der Waals surface area contributed by atoms with E-state index in [0.29, 0.717) is 17.9 Å². The molecule has 1 atom stereocenters. The maximum Gasteiger partial charge on any atom is 0.459 e. The Kier molecular flexibility index (Phi) is 4.24. The Labute approximate surface area is 105 Å². The summed E-state index contributed by atoms with van der Waals surface area (Å²) in [5.41, 5.74) is 1.10. The summed E-state index contributed by atoms with van der Waals surface area (Å²) in [5, 5.41) is 3.20. The fourth-order valence-corrected chi connectivity index (χ4v) is 2.23. The van der Waals surface area contributed by atoms with Gasteiger partial charge in [-0.2, -0.15) is 13.2 Å². The Bertz CT molecular complexity index is 364. The van der Waals surface area contributed by atoms with Crippen molar-refractivity contribution in [3.8, 4) is 0 Å². The first-order chi connectivity index (χ1) is 8.55. The minimum atomic E-state index is -4.20. The first kappa shape index (κ1) is 13.4. The van der Waals surface area contributed by atoms with Crippen LogP contribution in [-0.2, 0) is 6.54 Å². The number of halogens is 3. The zero-order chi connectivity index (χ0) is 13.0. The molecule has 1 aromatic rings. The minimum absolute atomic E-state index is 0.0519. The molecular formula is C13H17F3N2. The number of benzene rings is 1. The van der Waals surface area contributed by atoms with Crippen LogP contribution in [0.4, 0.5) is 13.2 Å². The van der Waals surface area contributed by atoms with Crippen LogP contribution in [0, 0.1) is 0 Å². The van der Waals surface area contributed by atoms with Crippen molar-refractivity contribution in [3.05, 3.63) is 35.9 Å². The SMILES string of the molecule is FC(F)(F)N1CCC[C@@H](NCc2ccccc2)C1. The molecule has 5 heteroatoms. The smallest absolute Gasteiger partial charge is 0.309 e. The molecular weight excluding hydrogens is 241 g/mol. The van der Waals surface area contributed by atoms with Gasteiger partial charge in [0.1, 0.15) is 0 Å². The van der Waals surface area contributed by atoms with E-state index in [2.05, 4.69) is 5.32 Å². The van der Waals surface area contributed by atoms with Gasteiger partial charge in [-0.15, -0.1) is 0 Å². The maximum atomic E-state index is 12.6. The van der Waals surface area contributed by atoms with Crippen molar-refractivity contribution in [1.82, 2.24) is 10.2 Å². The van der Waals surface area contributed by atoms with Gasteiger partial charge >= 0.3 is 6.30 Å². The van der Waals surface area contributed by atoms with E-state index in [9.17, 15) is 13.2 Å². The lowest BCUT2D eigenvalue weighted by Crippen LogP contribution is -2.50. The second-order valence-corrected chi connectivity index (χ2v) is 4.62. The Morgan fingerprint density at radius 1 is 1.22 bits per heavy atom. The highest BCUT2D eigenvalue weighted by atomic mass is 19.4. The zero-order valence-corrected chi connectivity index (χ0v) is 10.1. The van der Waals surface area contributed by atoms with Crippen LogP contribution in [0.2, 0.25) is 0 Å². The highest BCUT2D eigenvalue weighted by molar-refractivity contribution is 5.14. The van der Waals surface area contributed by atoms with E-state index in [-0.39, 0.29) is 19.1 Å². The van der Waals surface area contributed by atoms with Crippen molar-refractivity contribution in [2.24, 2.45) is 0 Å². The summed E-state index contributed by atoms with van der Waals surface area (Å²) >= 11 is 0. The standard InChI is InChI=1S/C13H17F3N2/c14-13(15,16)18-8-4-7-12(10-18)17-9-11-5-2-1-3-6-11/h1-3,5-6,12,17H,4,7-10H2/t12-/m1/s1. The van der Waals surface area contributed by atoms with E-state index in [1.807, 2.05) is 30.3 Å². The summed E-state index contributed by atoms with van der Waals surface area (Å²) in [7, 11) is 0. The average Bonchev–Trinajstić information content (AvgIpc) is 2.37. The predicted molar refractivity (Wildman–Crippen MR) is 63.9 cm³/mol. The predicted octanol–water partition coefficient (Wildman–Crippen LogP) is 2.76. The molecule has 100 valence electrons. The van der Waals surface area contributed by atoms with Gasteiger partial charge in [-0.05, 0) is 18.4 Å². The molecule has 1 aliphatic rings. The van der Waals surface area contributed by atoms with Crippen molar-refractivity contribution in [2.75, 3.05) is 13.1 Å². The molecule has 1 aromatic carbocycles. The van der Waals surface area contributed by atoms with E-state index in [1.54, 1.807) is 0 Å². The first-order valence-corrected chi connectivity index (χ1v) is 6.15. The van der Waals surface area contributed by atoms with Crippen molar-refractivity contribution >= 4 is 0 Å². The molecule has 1 saturated heterocycles. The van der Waals surface area contributed by atoms with Gasteiger partial charge in [-0.1, -0.05) is 30.3 Å². The van der Waals surface area contributed by atoms with Crippen molar-refractivity contribution in [1.29, 1.82) is 0 Å². The molecule has 2 nitrogen and oxygen atoms in total. The fourth-order valence-electron chi connectivity index (χ4n) is 2.23. The topological polar surface area (TPSA) is 15.3 Å². The van der Waals surface area contributed by atoms with Crippen LogP contribution in [0.3, 0.4) is 0 Å². The third kappa shape index (κ3) is 3.71. The third-order valence-corrected chi connectivity index (χ3v) is 3.22. The number of likely N-dealkylation sites (tertiary alicyclic amines) is 1. The Hall–Kier alpha value is -1.07. The molecule has 0 aromatic heterocycles. The van der Waals surface area contributed by atoms with Crippen LogP contribution in [0.15, 0.2) is 30.3 Å². The van der Waals surface area contributed by atoms with Gasteiger partial charge in [0.15, 0.2) is 0 Å². The zero-order valence-electron chi connectivity index (χ0n) is 10.1. The second-order valence-electron chi connectivity index (χ2n) is 4.62. The van der Waals surface area contributed by atoms with Crippen LogP contribution in [0.25, 0.3) is 0 Å². The number of piperidine rings is 1.